The molecular weight excluding hydrogens is 316 g/mol. The van der Waals surface area contributed by atoms with Crippen LogP contribution in [0.25, 0.3) is 0 Å². The fraction of sp³-hybridized carbons (Fsp3) is 0.231. The van der Waals surface area contributed by atoms with Gasteiger partial charge in [0.1, 0.15) is 11.5 Å². The molecule has 0 unspecified atom stereocenters. The molecule has 0 aliphatic carbocycles. The molecule has 0 spiro atoms. The molecule has 1 N–H and O–H groups in total. The molecule has 0 atom stereocenters. The van der Waals surface area contributed by atoms with E-state index in [2.05, 4.69) is 5.32 Å². The van der Waals surface area contributed by atoms with Crippen LogP contribution in [-0.2, 0) is 6.54 Å². The Hall–Kier alpha value is -1.99. The van der Waals surface area contributed by atoms with Crippen LogP contribution in [0.15, 0.2) is 24.3 Å². The van der Waals surface area contributed by atoms with E-state index in [1.165, 1.54) is 13.2 Å². The van der Waals surface area contributed by atoms with Gasteiger partial charge in [0.15, 0.2) is 0 Å². The highest BCUT2D eigenvalue weighted by atomic mass is 35.5. The first-order chi connectivity index (χ1) is 10.0. The standard InChI is InChI=1S/C13H13ClN2O4S/c1-19-11-6-12(20-2)10(5-9(11)14)15-7-8-3-4-13(21-8)16(17)18/h3-6,15H,7H2,1-2H3. The number of anilines is 1. The summed E-state index contributed by atoms with van der Waals surface area (Å²) >= 11 is 7.20. The molecule has 0 amide bonds. The van der Waals surface area contributed by atoms with Crippen molar-refractivity contribution in [3.63, 3.8) is 0 Å². The maximum absolute atomic E-state index is 10.6. The molecule has 0 saturated carbocycles. The van der Waals surface area contributed by atoms with Crippen molar-refractivity contribution < 1.29 is 14.4 Å². The summed E-state index contributed by atoms with van der Waals surface area (Å²) in [6.45, 7) is 0.442. The average molecular weight is 329 g/mol. The summed E-state index contributed by atoms with van der Waals surface area (Å²) in [6.07, 6.45) is 0. The van der Waals surface area contributed by atoms with Gasteiger partial charge in [0, 0.05) is 23.6 Å². The van der Waals surface area contributed by atoms with Crippen LogP contribution in [-0.4, -0.2) is 19.1 Å². The minimum atomic E-state index is -0.404. The number of nitrogens with one attached hydrogen (secondary N) is 1. The van der Waals surface area contributed by atoms with E-state index < -0.39 is 4.92 Å². The van der Waals surface area contributed by atoms with Crippen molar-refractivity contribution in [3.8, 4) is 11.5 Å². The minimum Gasteiger partial charge on any atom is -0.495 e. The quantitative estimate of drug-likeness (QED) is 0.642. The summed E-state index contributed by atoms with van der Waals surface area (Å²) in [7, 11) is 3.07. The zero-order chi connectivity index (χ0) is 15.4. The van der Waals surface area contributed by atoms with E-state index in [0.717, 1.165) is 16.2 Å². The lowest BCUT2D eigenvalue weighted by molar-refractivity contribution is -0.380. The number of rotatable bonds is 6. The van der Waals surface area contributed by atoms with Crippen LogP contribution in [0.3, 0.4) is 0 Å². The van der Waals surface area contributed by atoms with Gasteiger partial charge in [0.05, 0.1) is 29.9 Å². The Morgan fingerprint density at radius 1 is 1.29 bits per heavy atom. The SMILES string of the molecule is COc1cc(OC)c(NCc2ccc([N+](=O)[O-])s2)cc1Cl. The van der Waals surface area contributed by atoms with Crippen LogP contribution in [0, 0.1) is 10.1 Å². The van der Waals surface area contributed by atoms with E-state index in [0.29, 0.717) is 28.8 Å². The lowest BCUT2D eigenvalue weighted by Gasteiger charge is -2.13. The second-order valence-corrected chi connectivity index (χ2v) is 5.59. The van der Waals surface area contributed by atoms with Crippen LogP contribution < -0.4 is 14.8 Å². The topological polar surface area (TPSA) is 73.6 Å². The molecule has 0 bridgehead atoms. The van der Waals surface area contributed by atoms with Crippen LogP contribution >= 0.6 is 22.9 Å². The number of hydrogen-bond donors (Lipinski definition) is 1. The Balaban J connectivity index is 2.15. The van der Waals surface area contributed by atoms with E-state index in [9.17, 15) is 10.1 Å². The van der Waals surface area contributed by atoms with Gasteiger partial charge in [-0.15, -0.1) is 0 Å². The third-order valence-corrected chi connectivity index (χ3v) is 4.09. The Kier molecular flexibility index (Phi) is 4.87. The molecule has 0 saturated heterocycles. The lowest BCUT2D eigenvalue weighted by Crippen LogP contribution is -2.00. The third-order valence-electron chi connectivity index (χ3n) is 2.75. The maximum atomic E-state index is 10.6. The summed E-state index contributed by atoms with van der Waals surface area (Å²) in [5, 5.41) is 14.4. The third kappa shape index (κ3) is 3.56. The van der Waals surface area contributed by atoms with Crippen molar-refractivity contribution in [3.05, 3.63) is 44.3 Å². The number of hydrogen-bond acceptors (Lipinski definition) is 6. The van der Waals surface area contributed by atoms with E-state index >= 15 is 0 Å². The average Bonchev–Trinajstić information content (AvgIpc) is 2.94. The fourth-order valence-corrected chi connectivity index (χ4v) is 2.74. The largest absolute Gasteiger partial charge is 0.495 e. The summed E-state index contributed by atoms with van der Waals surface area (Å²) in [4.78, 5) is 11.1. The summed E-state index contributed by atoms with van der Waals surface area (Å²) in [5.74, 6) is 1.10. The molecule has 112 valence electrons. The number of methoxy groups -OCH3 is 2. The number of ether oxygens (including phenoxy) is 2. The van der Waals surface area contributed by atoms with E-state index in [1.54, 1.807) is 25.3 Å². The second kappa shape index (κ2) is 6.64. The van der Waals surface area contributed by atoms with Gasteiger partial charge in [-0.3, -0.25) is 10.1 Å². The first-order valence-corrected chi connectivity index (χ1v) is 7.13. The van der Waals surface area contributed by atoms with Gasteiger partial charge in [-0.2, -0.15) is 0 Å². The molecule has 1 aromatic carbocycles. The highest BCUT2D eigenvalue weighted by Gasteiger charge is 2.12. The summed E-state index contributed by atoms with van der Waals surface area (Å²) < 4.78 is 10.4. The molecule has 0 aliphatic heterocycles. The first kappa shape index (κ1) is 15.4. The fourth-order valence-electron chi connectivity index (χ4n) is 1.74. The van der Waals surface area contributed by atoms with Crippen LogP contribution in [0.2, 0.25) is 5.02 Å². The first-order valence-electron chi connectivity index (χ1n) is 5.93. The van der Waals surface area contributed by atoms with Crippen LogP contribution in [0.4, 0.5) is 10.7 Å². The van der Waals surface area contributed by atoms with Gasteiger partial charge < -0.3 is 14.8 Å². The van der Waals surface area contributed by atoms with Gasteiger partial charge in [0.25, 0.3) is 0 Å². The Labute approximate surface area is 130 Å². The van der Waals surface area contributed by atoms with Gasteiger partial charge in [0.2, 0.25) is 0 Å². The van der Waals surface area contributed by atoms with Crippen LogP contribution in [0.1, 0.15) is 4.88 Å². The maximum Gasteiger partial charge on any atom is 0.324 e. The summed E-state index contributed by atoms with van der Waals surface area (Å²) in [6, 6.07) is 6.58. The molecular formula is C13H13ClN2O4S. The van der Waals surface area contributed by atoms with Gasteiger partial charge >= 0.3 is 5.00 Å². The predicted octanol–water partition coefficient (Wildman–Crippen LogP) is 3.94. The molecule has 0 aliphatic rings. The Bertz CT molecular complexity index is 660. The molecule has 6 nitrogen and oxygen atoms in total. The summed E-state index contributed by atoms with van der Waals surface area (Å²) in [5.41, 5.74) is 0.694. The monoisotopic (exact) mass is 328 g/mol. The molecule has 0 fully saturated rings. The Morgan fingerprint density at radius 2 is 2.00 bits per heavy atom. The zero-order valence-electron chi connectivity index (χ0n) is 11.4. The molecule has 0 radical (unpaired) electrons. The van der Waals surface area contributed by atoms with Gasteiger partial charge in [-0.25, -0.2) is 0 Å². The van der Waals surface area contributed by atoms with Gasteiger partial charge in [-0.05, 0) is 12.1 Å². The predicted molar refractivity (Wildman–Crippen MR) is 82.9 cm³/mol. The van der Waals surface area contributed by atoms with Gasteiger partial charge in [-0.1, -0.05) is 22.9 Å². The smallest absolute Gasteiger partial charge is 0.324 e. The minimum absolute atomic E-state index is 0.117. The molecule has 8 heteroatoms. The second-order valence-electron chi connectivity index (χ2n) is 4.04. The van der Waals surface area contributed by atoms with Crippen molar-refractivity contribution in [2.75, 3.05) is 19.5 Å². The Morgan fingerprint density at radius 3 is 2.57 bits per heavy atom. The lowest BCUT2D eigenvalue weighted by atomic mass is 10.2. The van der Waals surface area contributed by atoms with Crippen molar-refractivity contribution in [1.29, 1.82) is 0 Å². The molecule has 1 aromatic heterocycles. The van der Waals surface area contributed by atoms with Crippen molar-refractivity contribution in [1.82, 2.24) is 0 Å². The van der Waals surface area contributed by atoms with Crippen molar-refractivity contribution >= 4 is 33.6 Å². The van der Waals surface area contributed by atoms with Crippen molar-refractivity contribution in [2.45, 2.75) is 6.54 Å². The van der Waals surface area contributed by atoms with Crippen LogP contribution in [0.5, 0.6) is 11.5 Å². The zero-order valence-corrected chi connectivity index (χ0v) is 13.0. The molecule has 2 aromatic rings. The number of nitrogens with zero attached hydrogens (tertiary/aromatic N) is 1. The normalized spacial score (nSPS) is 10.2. The molecule has 2 rings (SSSR count). The highest BCUT2D eigenvalue weighted by molar-refractivity contribution is 7.15. The highest BCUT2D eigenvalue weighted by Crippen LogP contribution is 2.36. The van der Waals surface area contributed by atoms with E-state index in [-0.39, 0.29) is 5.00 Å². The molecule has 1 heterocycles. The number of nitro groups is 1. The number of thiophene rings is 1. The van der Waals surface area contributed by atoms with E-state index in [1.807, 2.05) is 0 Å². The number of benzene rings is 1. The molecule has 21 heavy (non-hydrogen) atoms. The van der Waals surface area contributed by atoms with E-state index in [4.69, 9.17) is 21.1 Å². The number of halogens is 1. The van der Waals surface area contributed by atoms with Crippen molar-refractivity contribution in [2.24, 2.45) is 0 Å².